The molecular weight excluding hydrogens is 468 g/mol. The molecule has 3 aromatic carbocycles. The van der Waals surface area contributed by atoms with Gasteiger partial charge in [0, 0.05) is 5.02 Å². The molecule has 0 saturated carbocycles. The summed E-state index contributed by atoms with van der Waals surface area (Å²) in [6, 6.07) is 19.2. The Kier molecular flexibility index (Phi) is 7.29. The van der Waals surface area contributed by atoms with Crippen LogP contribution in [0.4, 0.5) is 5.69 Å². The number of hydrogen-bond acceptors (Lipinski definition) is 3. The van der Waals surface area contributed by atoms with Crippen LogP contribution in [0.25, 0.3) is 0 Å². The molecule has 0 bridgehead atoms. The van der Waals surface area contributed by atoms with Crippen LogP contribution in [0.3, 0.4) is 0 Å². The standard InChI is InChI=1S/C27H29ClN2O3S/c1-19-10-14-26(15-11-19)34(32,33)30(25-9-5-8-24(28)17-25)18-27(31)29-20(2)22-13-12-21-6-3-4-7-23(21)16-22/h5,8-17,20H,3-4,6-7,18H2,1-2H3,(H,29,31)/t20-/m1/s1. The van der Waals surface area contributed by atoms with E-state index < -0.39 is 10.0 Å². The van der Waals surface area contributed by atoms with Crippen LogP contribution in [0.2, 0.25) is 5.02 Å². The van der Waals surface area contributed by atoms with E-state index in [-0.39, 0.29) is 23.4 Å². The molecule has 0 aliphatic heterocycles. The first-order valence-corrected chi connectivity index (χ1v) is 13.3. The molecule has 4 rings (SSSR count). The third kappa shape index (κ3) is 5.45. The van der Waals surface area contributed by atoms with Crippen LogP contribution < -0.4 is 9.62 Å². The average molecular weight is 497 g/mol. The number of nitrogens with zero attached hydrogens (tertiary/aromatic N) is 1. The van der Waals surface area contributed by atoms with Crippen molar-refractivity contribution in [1.29, 1.82) is 0 Å². The van der Waals surface area contributed by atoms with Gasteiger partial charge in [0.15, 0.2) is 0 Å². The number of benzene rings is 3. The molecule has 34 heavy (non-hydrogen) atoms. The summed E-state index contributed by atoms with van der Waals surface area (Å²) < 4.78 is 28.1. The summed E-state index contributed by atoms with van der Waals surface area (Å²) in [5.74, 6) is -0.388. The lowest BCUT2D eigenvalue weighted by atomic mass is 9.89. The highest BCUT2D eigenvalue weighted by atomic mass is 35.5. The first-order chi connectivity index (χ1) is 16.2. The van der Waals surface area contributed by atoms with Gasteiger partial charge < -0.3 is 5.32 Å². The molecule has 0 spiro atoms. The number of amides is 1. The molecule has 3 aromatic rings. The number of hydrogen-bond donors (Lipinski definition) is 1. The van der Waals surface area contributed by atoms with Gasteiger partial charge in [-0.2, -0.15) is 0 Å². The van der Waals surface area contributed by atoms with E-state index in [2.05, 4.69) is 17.4 Å². The van der Waals surface area contributed by atoms with Crippen LogP contribution in [0.15, 0.2) is 71.6 Å². The largest absolute Gasteiger partial charge is 0.348 e. The van der Waals surface area contributed by atoms with Gasteiger partial charge in [0.1, 0.15) is 6.54 Å². The van der Waals surface area contributed by atoms with E-state index in [1.165, 1.54) is 24.0 Å². The molecule has 1 aliphatic rings. The lowest BCUT2D eigenvalue weighted by Gasteiger charge is -2.25. The lowest BCUT2D eigenvalue weighted by Crippen LogP contribution is -2.41. The quantitative estimate of drug-likeness (QED) is 0.463. The molecule has 0 aromatic heterocycles. The Morgan fingerprint density at radius 3 is 2.41 bits per heavy atom. The second-order valence-electron chi connectivity index (χ2n) is 8.83. The Morgan fingerprint density at radius 1 is 1.00 bits per heavy atom. The smallest absolute Gasteiger partial charge is 0.264 e. The monoisotopic (exact) mass is 496 g/mol. The molecule has 1 aliphatic carbocycles. The second kappa shape index (κ2) is 10.2. The summed E-state index contributed by atoms with van der Waals surface area (Å²) in [6.45, 7) is 3.45. The van der Waals surface area contributed by atoms with Crippen molar-refractivity contribution in [3.63, 3.8) is 0 Å². The van der Waals surface area contributed by atoms with E-state index in [1.807, 2.05) is 19.9 Å². The minimum Gasteiger partial charge on any atom is -0.348 e. The summed E-state index contributed by atoms with van der Waals surface area (Å²) in [6.07, 6.45) is 4.55. The number of anilines is 1. The number of halogens is 1. The molecule has 0 heterocycles. The predicted octanol–water partition coefficient (Wildman–Crippen LogP) is 5.60. The van der Waals surface area contributed by atoms with E-state index in [0.717, 1.165) is 28.3 Å². The summed E-state index contributed by atoms with van der Waals surface area (Å²) >= 11 is 6.14. The van der Waals surface area contributed by atoms with Gasteiger partial charge in [0.25, 0.3) is 10.0 Å². The van der Waals surface area contributed by atoms with E-state index in [0.29, 0.717) is 10.7 Å². The van der Waals surface area contributed by atoms with Crippen molar-refractivity contribution in [2.45, 2.75) is 50.5 Å². The number of rotatable bonds is 7. The Bertz CT molecular complexity index is 1290. The number of carbonyl (C=O) groups is 1. The van der Waals surface area contributed by atoms with Gasteiger partial charge in [-0.15, -0.1) is 0 Å². The molecule has 0 unspecified atom stereocenters. The van der Waals surface area contributed by atoms with Crippen LogP contribution in [0.5, 0.6) is 0 Å². The fourth-order valence-electron chi connectivity index (χ4n) is 4.31. The zero-order chi connectivity index (χ0) is 24.3. The van der Waals surface area contributed by atoms with Crippen molar-refractivity contribution in [2.75, 3.05) is 10.8 Å². The van der Waals surface area contributed by atoms with Crippen LogP contribution in [-0.4, -0.2) is 20.9 Å². The lowest BCUT2D eigenvalue weighted by molar-refractivity contribution is -0.120. The molecule has 1 atom stereocenters. The zero-order valence-corrected chi connectivity index (χ0v) is 21.0. The van der Waals surface area contributed by atoms with Crippen LogP contribution in [0, 0.1) is 6.92 Å². The molecule has 0 radical (unpaired) electrons. The van der Waals surface area contributed by atoms with Crippen LogP contribution >= 0.6 is 11.6 Å². The number of fused-ring (bicyclic) bond motifs is 1. The predicted molar refractivity (Wildman–Crippen MR) is 137 cm³/mol. The summed E-state index contributed by atoms with van der Waals surface area (Å²) in [5.41, 5.74) is 5.02. The molecule has 5 nitrogen and oxygen atoms in total. The van der Waals surface area contributed by atoms with E-state index in [9.17, 15) is 13.2 Å². The highest BCUT2D eigenvalue weighted by Crippen LogP contribution is 2.27. The molecule has 0 fully saturated rings. The first kappa shape index (κ1) is 24.3. The Balaban J connectivity index is 1.57. The maximum Gasteiger partial charge on any atom is 0.264 e. The van der Waals surface area contributed by atoms with Gasteiger partial charge in [-0.1, -0.05) is 53.6 Å². The Hall–Kier alpha value is -2.83. The van der Waals surface area contributed by atoms with E-state index in [4.69, 9.17) is 11.6 Å². The summed E-state index contributed by atoms with van der Waals surface area (Å²) in [7, 11) is -3.98. The minimum atomic E-state index is -3.98. The topological polar surface area (TPSA) is 66.5 Å². The average Bonchev–Trinajstić information content (AvgIpc) is 2.82. The molecule has 7 heteroatoms. The summed E-state index contributed by atoms with van der Waals surface area (Å²) in [5, 5.41) is 3.37. The van der Waals surface area contributed by atoms with Crippen molar-refractivity contribution in [3.8, 4) is 0 Å². The third-order valence-electron chi connectivity index (χ3n) is 6.24. The number of carbonyl (C=O) groups excluding carboxylic acids is 1. The molecule has 0 saturated heterocycles. The first-order valence-electron chi connectivity index (χ1n) is 11.5. The van der Waals surface area contributed by atoms with Gasteiger partial charge in [0.2, 0.25) is 5.91 Å². The SMILES string of the molecule is Cc1ccc(S(=O)(=O)N(CC(=O)N[C@H](C)c2ccc3c(c2)CCCC3)c2cccc(Cl)c2)cc1. The summed E-state index contributed by atoms with van der Waals surface area (Å²) in [4.78, 5) is 13.2. The Morgan fingerprint density at radius 2 is 1.71 bits per heavy atom. The normalized spacial score (nSPS) is 14.2. The van der Waals surface area contributed by atoms with Gasteiger partial charge in [-0.3, -0.25) is 9.10 Å². The fourth-order valence-corrected chi connectivity index (χ4v) is 5.90. The second-order valence-corrected chi connectivity index (χ2v) is 11.1. The van der Waals surface area contributed by atoms with Crippen molar-refractivity contribution < 1.29 is 13.2 Å². The minimum absolute atomic E-state index is 0.119. The third-order valence-corrected chi connectivity index (χ3v) is 8.27. The molecule has 1 N–H and O–H groups in total. The van der Waals surface area contributed by atoms with Crippen molar-refractivity contribution in [1.82, 2.24) is 5.32 Å². The highest BCUT2D eigenvalue weighted by Gasteiger charge is 2.28. The van der Waals surface area contributed by atoms with Gasteiger partial charge in [-0.25, -0.2) is 8.42 Å². The Labute approximate surface area is 206 Å². The van der Waals surface area contributed by atoms with Crippen molar-refractivity contribution in [3.05, 3.63) is 94.0 Å². The fraction of sp³-hybridized carbons (Fsp3) is 0.296. The van der Waals surface area contributed by atoms with E-state index >= 15 is 0 Å². The van der Waals surface area contributed by atoms with Gasteiger partial charge in [0.05, 0.1) is 16.6 Å². The number of nitrogens with one attached hydrogen (secondary N) is 1. The van der Waals surface area contributed by atoms with Crippen molar-refractivity contribution in [2.24, 2.45) is 0 Å². The number of aryl methyl sites for hydroxylation is 3. The molecule has 178 valence electrons. The molecule has 1 amide bonds. The van der Waals surface area contributed by atoms with Crippen LogP contribution in [-0.2, 0) is 27.7 Å². The zero-order valence-electron chi connectivity index (χ0n) is 19.4. The van der Waals surface area contributed by atoms with Gasteiger partial charge in [-0.05, 0) is 86.6 Å². The van der Waals surface area contributed by atoms with Crippen molar-refractivity contribution >= 4 is 33.2 Å². The van der Waals surface area contributed by atoms with Crippen LogP contribution in [0.1, 0.15) is 48.1 Å². The number of sulfonamides is 1. The van der Waals surface area contributed by atoms with Gasteiger partial charge >= 0.3 is 0 Å². The maximum absolute atomic E-state index is 13.5. The maximum atomic E-state index is 13.5. The highest BCUT2D eigenvalue weighted by molar-refractivity contribution is 7.92. The molecular formula is C27H29ClN2O3S. The van der Waals surface area contributed by atoms with E-state index in [1.54, 1.807) is 48.5 Å².